The number of benzene rings is 1. The molecule has 3 nitrogen and oxygen atoms in total. The molecular weight excluding hydrogens is 233 g/mol. The fraction of sp³-hybridized carbons (Fsp3) is 0.0909. The summed E-state index contributed by atoms with van der Waals surface area (Å²) in [5.74, 6) is 3.26. The van der Waals surface area contributed by atoms with Crippen molar-refractivity contribution in [2.75, 3.05) is 0 Å². The van der Waals surface area contributed by atoms with Crippen molar-refractivity contribution in [3.05, 3.63) is 34.9 Å². The van der Waals surface area contributed by atoms with Crippen molar-refractivity contribution < 1.29 is 18.0 Å². The first-order chi connectivity index (χ1) is 7.84. The molecule has 0 radical (unpaired) electrons. The van der Waals surface area contributed by atoms with Crippen LogP contribution in [0.4, 0.5) is 13.2 Å². The highest BCUT2D eigenvalue weighted by atomic mass is 19.4. The number of amides is 1. The predicted octanol–water partition coefficient (Wildman–Crippen LogP) is 1.41. The molecule has 0 fully saturated rings. The van der Waals surface area contributed by atoms with Gasteiger partial charge in [-0.1, -0.05) is 5.92 Å². The van der Waals surface area contributed by atoms with Gasteiger partial charge in [0.15, 0.2) is 0 Å². The fourth-order valence-corrected chi connectivity index (χ4v) is 1.05. The molecule has 2 N–H and O–H groups in total. The van der Waals surface area contributed by atoms with Crippen molar-refractivity contribution in [1.29, 1.82) is 5.26 Å². The van der Waals surface area contributed by atoms with Gasteiger partial charge in [0.2, 0.25) is 0 Å². The van der Waals surface area contributed by atoms with Crippen LogP contribution >= 0.6 is 0 Å². The Hall–Kier alpha value is -2.47. The number of rotatable bonds is 0. The van der Waals surface area contributed by atoms with Gasteiger partial charge in [0.05, 0.1) is 11.1 Å². The van der Waals surface area contributed by atoms with Crippen LogP contribution in [0.5, 0.6) is 0 Å². The van der Waals surface area contributed by atoms with Gasteiger partial charge in [-0.05, 0) is 18.2 Å². The standard InChI is InChI=1S/C11H5F3N2O/c12-11(13,14)9-3-1-7(2-4-10(16)17)8(5-9)6-15/h1,3,5H,(H2,16,17). The molecule has 1 aromatic carbocycles. The Balaban J connectivity index is 3.27. The molecule has 0 saturated heterocycles. The average Bonchev–Trinajstić information content (AvgIpc) is 2.24. The SMILES string of the molecule is N#Cc1cc(C(F)(F)F)ccc1C#CC(N)=O. The van der Waals surface area contributed by atoms with Crippen LogP contribution in [0.2, 0.25) is 0 Å². The molecule has 1 amide bonds. The molecule has 0 aliphatic heterocycles. The van der Waals surface area contributed by atoms with Crippen LogP contribution in [-0.4, -0.2) is 5.91 Å². The van der Waals surface area contributed by atoms with Gasteiger partial charge in [0.1, 0.15) is 6.07 Å². The highest BCUT2D eigenvalue weighted by Crippen LogP contribution is 2.30. The van der Waals surface area contributed by atoms with Gasteiger partial charge in [0, 0.05) is 11.5 Å². The van der Waals surface area contributed by atoms with Crippen LogP contribution in [0.15, 0.2) is 18.2 Å². The van der Waals surface area contributed by atoms with Gasteiger partial charge in [-0.15, -0.1) is 0 Å². The first-order valence-electron chi connectivity index (χ1n) is 4.27. The van der Waals surface area contributed by atoms with E-state index in [1.54, 1.807) is 6.07 Å². The second-order valence-corrected chi connectivity index (χ2v) is 2.98. The minimum atomic E-state index is -4.53. The van der Waals surface area contributed by atoms with E-state index in [2.05, 4.69) is 5.92 Å². The lowest BCUT2D eigenvalue weighted by atomic mass is 10.0. The summed E-state index contributed by atoms with van der Waals surface area (Å²) in [6.45, 7) is 0. The predicted molar refractivity (Wildman–Crippen MR) is 52.2 cm³/mol. The monoisotopic (exact) mass is 238 g/mol. The number of hydrogen-bond donors (Lipinski definition) is 1. The maximum atomic E-state index is 12.3. The average molecular weight is 238 g/mol. The third kappa shape index (κ3) is 3.25. The molecule has 0 unspecified atom stereocenters. The normalized spacial score (nSPS) is 10.0. The number of hydrogen-bond acceptors (Lipinski definition) is 2. The van der Waals surface area contributed by atoms with Gasteiger partial charge >= 0.3 is 6.18 Å². The minimum absolute atomic E-state index is 0.0271. The molecule has 0 atom stereocenters. The summed E-state index contributed by atoms with van der Waals surface area (Å²) in [5.41, 5.74) is 3.58. The molecule has 0 spiro atoms. The number of primary amides is 1. The maximum Gasteiger partial charge on any atom is 0.416 e. The second-order valence-electron chi connectivity index (χ2n) is 2.98. The summed E-state index contributed by atoms with van der Waals surface area (Å²) in [5, 5.41) is 8.67. The van der Waals surface area contributed by atoms with Crippen LogP contribution in [0.25, 0.3) is 0 Å². The molecule has 0 aliphatic rings. The molecule has 0 heterocycles. The number of halogens is 3. The summed E-state index contributed by atoms with van der Waals surface area (Å²) in [4.78, 5) is 10.4. The Labute approximate surface area is 94.6 Å². The Bertz CT molecular complexity index is 559. The van der Waals surface area contributed by atoms with E-state index in [4.69, 9.17) is 11.0 Å². The van der Waals surface area contributed by atoms with Crippen LogP contribution in [0, 0.1) is 23.2 Å². The minimum Gasteiger partial charge on any atom is -0.359 e. The Morgan fingerprint density at radius 2 is 1.94 bits per heavy atom. The van der Waals surface area contributed by atoms with Crippen LogP contribution in [0.1, 0.15) is 16.7 Å². The smallest absolute Gasteiger partial charge is 0.359 e. The van der Waals surface area contributed by atoms with E-state index in [0.29, 0.717) is 6.07 Å². The molecule has 0 aromatic heterocycles. The number of alkyl halides is 3. The molecule has 6 heteroatoms. The van der Waals surface area contributed by atoms with Gasteiger partial charge in [-0.25, -0.2) is 0 Å². The molecule has 0 aliphatic carbocycles. The van der Waals surface area contributed by atoms with Gasteiger partial charge < -0.3 is 5.73 Å². The zero-order valence-corrected chi connectivity index (χ0v) is 8.30. The van der Waals surface area contributed by atoms with E-state index in [9.17, 15) is 18.0 Å². The molecule has 1 rings (SSSR count). The maximum absolute atomic E-state index is 12.3. The van der Waals surface area contributed by atoms with E-state index in [0.717, 1.165) is 12.1 Å². The number of nitrogens with two attached hydrogens (primary N) is 1. The Kier molecular flexibility index (Phi) is 3.40. The Morgan fingerprint density at radius 1 is 1.29 bits per heavy atom. The third-order valence-corrected chi connectivity index (χ3v) is 1.79. The number of carbonyl (C=O) groups excluding carboxylic acids is 1. The topological polar surface area (TPSA) is 66.9 Å². The van der Waals surface area contributed by atoms with Gasteiger partial charge in [0.25, 0.3) is 5.91 Å². The second kappa shape index (κ2) is 4.58. The van der Waals surface area contributed by atoms with E-state index < -0.39 is 17.6 Å². The van der Waals surface area contributed by atoms with Crippen molar-refractivity contribution in [2.45, 2.75) is 6.18 Å². The van der Waals surface area contributed by atoms with Gasteiger partial charge in [-0.3, -0.25) is 4.79 Å². The summed E-state index contributed by atoms with van der Waals surface area (Å²) in [6.07, 6.45) is -4.53. The highest BCUT2D eigenvalue weighted by Gasteiger charge is 2.30. The van der Waals surface area contributed by atoms with Crippen molar-refractivity contribution in [2.24, 2.45) is 5.73 Å². The van der Waals surface area contributed by atoms with Crippen molar-refractivity contribution in [3.63, 3.8) is 0 Å². The molecule has 0 saturated carbocycles. The first-order valence-corrected chi connectivity index (χ1v) is 4.27. The summed E-state index contributed by atoms with van der Waals surface area (Å²) in [7, 11) is 0. The van der Waals surface area contributed by atoms with E-state index >= 15 is 0 Å². The van der Waals surface area contributed by atoms with Crippen molar-refractivity contribution in [1.82, 2.24) is 0 Å². The van der Waals surface area contributed by atoms with Crippen molar-refractivity contribution >= 4 is 5.91 Å². The van der Waals surface area contributed by atoms with E-state index in [1.165, 1.54) is 0 Å². The molecule has 1 aromatic rings. The van der Waals surface area contributed by atoms with E-state index in [1.807, 2.05) is 5.92 Å². The van der Waals surface area contributed by atoms with E-state index in [-0.39, 0.29) is 11.1 Å². The quantitative estimate of drug-likeness (QED) is 0.694. The highest BCUT2D eigenvalue weighted by molar-refractivity contribution is 5.92. The zero-order valence-electron chi connectivity index (χ0n) is 8.30. The summed E-state index contributed by atoms with van der Waals surface area (Å²) < 4.78 is 37.0. The largest absolute Gasteiger partial charge is 0.416 e. The summed E-state index contributed by atoms with van der Waals surface area (Å²) in [6, 6.07) is 4.06. The van der Waals surface area contributed by atoms with Crippen molar-refractivity contribution in [3.8, 4) is 17.9 Å². The van der Waals surface area contributed by atoms with Crippen LogP contribution in [0.3, 0.4) is 0 Å². The number of carbonyl (C=O) groups is 1. The third-order valence-electron chi connectivity index (χ3n) is 1.79. The summed E-state index contributed by atoms with van der Waals surface area (Å²) >= 11 is 0. The fourth-order valence-electron chi connectivity index (χ4n) is 1.05. The first kappa shape index (κ1) is 12.6. The molecule has 86 valence electrons. The molecule has 17 heavy (non-hydrogen) atoms. The number of nitrogens with zero attached hydrogens (tertiary/aromatic N) is 1. The molecular formula is C11H5F3N2O. The lowest BCUT2D eigenvalue weighted by Crippen LogP contribution is -2.07. The van der Waals surface area contributed by atoms with Crippen LogP contribution < -0.4 is 5.73 Å². The number of nitriles is 1. The van der Waals surface area contributed by atoms with Crippen LogP contribution in [-0.2, 0) is 11.0 Å². The lowest BCUT2D eigenvalue weighted by Gasteiger charge is -2.06. The Morgan fingerprint density at radius 3 is 2.41 bits per heavy atom. The lowest BCUT2D eigenvalue weighted by molar-refractivity contribution is -0.137. The van der Waals surface area contributed by atoms with Gasteiger partial charge in [-0.2, -0.15) is 18.4 Å². The molecule has 0 bridgehead atoms. The zero-order chi connectivity index (χ0) is 13.1.